The fraction of sp³-hybridized carbons (Fsp3) is 0.500. The molecule has 1 aromatic carbocycles. The van der Waals surface area contributed by atoms with Crippen LogP contribution in [0.2, 0.25) is 0 Å². The zero-order chi connectivity index (χ0) is 13.7. The molecule has 1 unspecified atom stereocenters. The summed E-state index contributed by atoms with van der Waals surface area (Å²) in [6, 6.07) is 8.07. The highest BCUT2D eigenvalue weighted by atomic mass is 16.5. The van der Waals surface area contributed by atoms with Gasteiger partial charge in [-0.25, -0.2) is 4.79 Å². The molecule has 1 aromatic rings. The van der Waals surface area contributed by atoms with Crippen LogP contribution in [0.1, 0.15) is 5.56 Å². The molecule has 2 N–H and O–H groups in total. The third-order valence-corrected chi connectivity index (χ3v) is 3.07. The quantitative estimate of drug-likeness (QED) is 0.774. The summed E-state index contributed by atoms with van der Waals surface area (Å²) >= 11 is 0. The van der Waals surface area contributed by atoms with E-state index in [1.54, 1.807) is 14.1 Å². The van der Waals surface area contributed by atoms with Gasteiger partial charge in [-0.05, 0) is 11.6 Å². The average Bonchev–Trinajstić information content (AvgIpc) is 2.80. The maximum atomic E-state index is 11.3. The van der Waals surface area contributed by atoms with Gasteiger partial charge in [0, 0.05) is 40.2 Å². The molecule has 0 saturated heterocycles. The summed E-state index contributed by atoms with van der Waals surface area (Å²) in [5.41, 5.74) is 1.27. The molecule has 19 heavy (non-hydrogen) atoms. The number of benzene rings is 1. The summed E-state index contributed by atoms with van der Waals surface area (Å²) in [5.74, 6) is 0.996. The number of para-hydroxylation sites is 1. The number of carbonyl (C=O) groups excluding carboxylic acids is 1. The first kappa shape index (κ1) is 13.7. The van der Waals surface area contributed by atoms with Gasteiger partial charge in [-0.1, -0.05) is 18.2 Å². The number of fused-ring (bicyclic) bond motifs is 1. The van der Waals surface area contributed by atoms with Gasteiger partial charge in [0.05, 0.1) is 0 Å². The van der Waals surface area contributed by atoms with Crippen LogP contribution < -0.4 is 15.4 Å². The van der Waals surface area contributed by atoms with Crippen molar-refractivity contribution >= 4 is 6.03 Å². The minimum Gasteiger partial charge on any atom is -0.488 e. The molecule has 0 spiro atoms. The Labute approximate surface area is 113 Å². The van der Waals surface area contributed by atoms with E-state index >= 15 is 0 Å². The molecule has 0 aromatic heterocycles. The Balaban J connectivity index is 1.60. The summed E-state index contributed by atoms with van der Waals surface area (Å²) in [7, 11) is 3.46. The van der Waals surface area contributed by atoms with Crippen LogP contribution in [0, 0.1) is 0 Å². The number of rotatable bonds is 5. The van der Waals surface area contributed by atoms with E-state index in [-0.39, 0.29) is 12.1 Å². The van der Waals surface area contributed by atoms with Crippen LogP contribution in [0.4, 0.5) is 4.79 Å². The van der Waals surface area contributed by atoms with E-state index in [1.807, 2.05) is 18.2 Å². The van der Waals surface area contributed by atoms with Crippen LogP contribution in [-0.4, -0.2) is 50.8 Å². The lowest BCUT2D eigenvalue weighted by atomic mass is 10.1. The molecule has 5 nitrogen and oxygen atoms in total. The maximum absolute atomic E-state index is 11.3. The summed E-state index contributed by atoms with van der Waals surface area (Å²) in [6.07, 6.45) is 1.15. The molecule has 0 fully saturated rings. The smallest absolute Gasteiger partial charge is 0.316 e. The van der Waals surface area contributed by atoms with Crippen molar-refractivity contribution in [1.82, 2.24) is 15.5 Å². The van der Waals surface area contributed by atoms with E-state index in [0.717, 1.165) is 25.3 Å². The summed E-state index contributed by atoms with van der Waals surface area (Å²) in [5, 5.41) is 6.11. The van der Waals surface area contributed by atoms with E-state index in [0.29, 0.717) is 6.54 Å². The van der Waals surface area contributed by atoms with Gasteiger partial charge in [0.2, 0.25) is 0 Å². The second kappa shape index (κ2) is 6.43. The number of nitrogens with zero attached hydrogens (tertiary/aromatic N) is 1. The molecule has 0 bridgehead atoms. The first-order valence-electron chi connectivity index (χ1n) is 6.57. The highest BCUT2D eigenvalue weighted by Gasteiger charge is 2.21. The summed E-state index contributed by atoms with van der Waals surface area (Å²) in [4.78, 5) is 12.8. The second-order valence-electron chi connectivity index (χ2n) is 4.88. The Morgan fingerprint density at radius 1 is 1.37 bits per heavy atom. The lowest BCUT2D eigenvalue weighted by molar-refractivity contribution is 0.216. The summed E-state index contributed by atoms with van der Waals surface area (Å²) < 4.78 is 5.81. The van der Waals surface area contributed by atoms with Crippen LogP contribution in [0.5, 0.6) is 5.75 Å². The van der Waals surface area contributed by atoms with Gasteiger partial charge in [0.25, 0.3) is 0 Å². The van der Waals surface area contributed by atoms with Crippen molar-refractivity contribution in [3.05, 3.63) is 29.8 Å². The standard InChI is InChI=1S/C14H21N3O2/c1-17(2)14(18)16-8-7-15-10-12-9-11-5-3-4-6-13(11)19-12/h3-6,12,15H,7-10H2,1-2H3,(H,16,18). The fourth-order valence-electron chi connectivity index (χ4n) is 2.05. The molecule has 1 aliphatic rings. The fourth-order valence-corrected chi connectivity index (χ4v) is 2.05. The topological polar surface area (TPSA) is 53.6 Å². The van der Waals surface area contributed by atoms with Gasteiger partial charge < -0.3 is 20.3 Å². The Morgan fingerprint density at radius 3 is 2.89 bits per heavy atom. The lowest BCUT2D eigenvalue weighted by Crippen LogP contribution is -2.40. The van der Waals surface area contributed by atoms with E-state index in [1.165, 1.54) is 10.5 Å². The minimum atomic E-state index is -0.0636. The Hall–Kier alpha value is -1.75. The van der Waals surface area contributed by atoms with Crippen molar-refractivity contribution in [2.45, 2.75) is 12.5 Å². The van der Waals surface area contributed by atoms with Gasteiger partial charge in [0.15, 0.2) is 0 Å². The number of hydrogen-bond acceptors (Lipinski definition) is 3. The number of ether oxygens (including phenoxy) is 1. The Bertz CT molecular complexity index is 409. The maximum Gasteiger partial charge on any atom is 0.316 e. The minimum absolute atomic E-state index is 0.0636. The van der Waals surface area contributed by atoms with Gasteiger partial charge >= 0.3 is 6.03 Å². The Kier molecular flexibility index (Phi) is 4.63. The van der Waals surface area contributed by atoms with Crippen molar-refractivity contribution in [2.24, 2.45) is 0 Å². The normalized spacial score (nSPS) is 16.6. The van der Waals surface area contributed by atoms with Crippen LogP contribution in [-0.2, 0) is 6.42 Å². The van der Waals surface area contributed by atoms with Crippen molar-refractivity contribution in [3.8, 4) is 5.75 Å². The number of carbonyl (C=O) groups is 1. The van der Waals surface area contributed by atoms with E-state index in [4.69, 9.17) is 4.74 Å². The Morgan fingerprint density at radius 2 is 2.16 bits per heavy atom. The third kappa shape index (κ3) is 3.86. The number of hydrogen-bond donors (Lipinski definition) is 2. The van der Waals surface area contributed by atoms with Crippen LogP contribution >= 0.6 is 0 Å². The number of urea groups is 1. The van der Waals surface area contributed by atoms with Crippen molar-refractivity contribution in [1.29, 1.82) is 0 Å². The molecule has 2 amide bonds. The molecule has 0 radical (unpaired) electrons. The predicted molar refractivity (Wildman–Crippen MR) is 74.5 cm³/mol. The molecule has 0 saturated carbocycles. The first-order chi connectivity index (χ1) is 9.16. The van der Waals surface area contributed by atoms with Gasteiger partial charge in [-0.2, -0.15) is 0 Å². The molecule has 2 rings (SSSR count). The van der Waals surface area contributed by atoms with Gasteiger partial charge in [-0.3, -0.25) is 0 Å². The number of nitrogens with one attached hydrogen (secondary N) is 2. The molecule has 1 heterocycles. The van der Waals surface area contributed by atoms with Crippen molar-refractivity contribution in [3.63, 3.8) is 0 Å². The van der Waals surface area contributed by atoms with Gasteiger partial charge in [-0.15, -0.1) is 0 Å². The largest absolute Gasteiger partial charge is 0.488 e. The molecular formula is C14H21N3O2. The zero-order valence-electron chi connectivity index (χ0n) is 11.5. The number of amides is 2. The molecular weight excluding hydrogens is 242 g/mol. The monoisotopic (exact) mass is 263 g/mol. The highest BCUT2D eigenvalue weighted by molar-refractivity contribution is 5.73. The lowest BCUT2D eigenvalue weighted by Gasteiger charge is -2.14. The summed E-state index contributed by atoms with van der Waals surface area (Å²) in [6.45, 7) is 2.17. The van der Waals surface area contributed by atoms with Gasteiger partial charge in [0.1, 0.15) is 11.9 Å². The van der Waals surface area contributed by atoms with Crippen LogP contribution in [0.15, 0.2) is 24.3 Å². The predicted octanol–water partition coefficient (Wildman–Crippen LogP) is 0.851. The SMILES string of the molecule is CN(C)C(=O)NCCNCC1Cc2ccccc2O1. The highest BCUT2D eigenvalue weighted by Crippen LogP contribution is 2.27. The molecule has 0 aliphatic carbocycles. The van der Waals surface area contributed by atoms with Crippen LogP contribution in [0.3, 0.4) is 0 Å². The van der Waals surface area contributed by atoms with Crippen LogP contribution in [0.25, 0.3) is 0 Å². The van der Waals surface area contributed by atoms with E-state index < -0.39 is 0 Å². The molecule has 104 valence electrons. The van der Waals surface area contributed by atoms with Crippen molar-refractivity contribution in [2.75, 3.05) is 33.7 Å². The molecule has 5 heteroatoms. The zero-order valence-corrected chi connectivity index (χ0v) is 11.5. The average molecular weight is 263 g/mol. The van der Waals surface area contributed by atoms with E-state index in [2.05, 4.69) is 16.7 Å². The molecule has 1 atom stereocenters. The van der Waals surface area contributed by atoms with E-state index in [9.17, 15) is 4.79 Å². The molecule has 1 aliphatic heterocycles. The third-order valence-electron chi connectivity index (χ3n) is 3.07. The first-order valence-corrected chi connectivity index (χ1v) is 6.57. The van der Waals surface area contributed by atoms with Crippen molar-refractivity contribution < 1.29 is 9.53 Å². The second-order valence-corrected chi connectivity index (χ2v) is 4.88.